The molecule has 0 radical (unpaired) electrons. The highest BCUT2D eigenvalue weighted by Gasteiger charge is 2.21. The van der Waals surface area contributed by atoms with Crippen molar-refractivity contribution in [2.45, 2.75) is 18.8 Å². The highest BCUT2D eigenvalue weighted by atomic mass is 16.5. The summed E-state index contributed by atoms with van der Waals surface area (Å²) in [6, 6.07) is 3.85. The monoisotopic (exact) mass is 218 g/mol. The molecule has 0 unspecified atom stereocenters. The second kappa shape index (κ2) is 4.09. The molecule has 0 aromatic carbocycles. The SMILES string of the molecule is c1c[nH]c(-c2nc([C@H]3CCCNC3)no2)c1. The minimum Gasteiger partial charge on any atom is -0.357 e. The third-order valence-electron chi connectivity index (χ3n) is 2.93. The summed E-state index contributed by atoms with van der Waals surface area (Å²) in [5, 5.41) is 7.40. The molecule has 0 aliphatic carbocycles. The van der Waals surface area contributed by atoms with Gasteiger partial charge in [0.1, 0.15) is 5.69 Å². The number of nitrogens with zero attached hydrogens (tertiary/aromatic N) is 2. The van der Waals surface area contributed by atoms with Gasteiger partial charge in [-0.2, -0.15) is 4.98 Å². The van der Waals surface area contributed by atoms with Crippen LogP contribution in [0, 0.1) is 0 Å². The summed E-state index contributed by atoms with van der Waals surface area (Å²) in [7, 11) is 0. The first-order valence-electron chi connectivity index (χ1n) is 5.61. The zero-order valence-electron chi connectivity index (χ0n) is 8.94. The van der Waals surface area contributed by atoms with Gasteiger partial charge in [-0.3, -0.25) is 0 Å². The Balaban J connectivity index is 1.82. The van der Waals surface area contributed by atoms with Gasteiger partial charge in [-0.15, -0.1) is 0 Å². The second-order valence-electron chi connectivity index (χ2n) is 4.08. The Hall–Kier alpha value is -1.62. The molecule has 1 aliphatic heterocycles. The minimum absolute atomic E-state index is 0.390. The lowest BCUT2D eigenvalue weighted by Crippen LogP contribution is -2.28. The Kier molecular flexibility index (Phi) is 2.46. The molecule has 2 aromatic rings. The van der Waals surface area contributed by atoms with Crippen molar-refractivity contribution in [3.63, 3.8) is 0 Å². The van der Waals surface area contributed by atoms with Gasteiger partial charge in [0, 0.05) is 18.7 Å². The van der Waals surface area contributed by atoms with E-state index in [1.807, 2.05) is 18.3 Å². The predicted octanol–water partition coefficient (Wildman–Crippen LogP) is 1.53. The van der Waals surface area contributed by atoms with E-state index >= 15 is 0 Å². The number of aromatic nitrogens is 3. The molecule has 84 valence electrons. The number of H-pyrrole nitrogens is 1. The van der Waals surface area contributed by atoms with Crippen LogP contribution in [0.3, 0.4) is 0 Å². The van der Waals surface area contributed by atoms with Crippen LogP contribution in [0.1, 0.15) is 24.6 Å². The molecule has 1 aliphatic rings. The highest BCUT2D eigenvalue weighted by molar-refractivity contribution is 5.46. The first-order valence-corrected chi connectivity index (χ1v) is 5.61. The van der Waals surface area contributed by atoms with Crippen molar-refractivity contribution < 1.29 is 4.52 Å². The van der Waals surface area contributed by atoms with Gasteiger partial charge in [0.25, 0.3) is 5.89 Å². The van der Waals surface area contributed by atoms with Gasteiger partial charge in [0.05, 0.1) is 0 Å². The van der Waals surface area contributed by atoms with E-state index in [1.54, 1.807) is 0 Å². The standard InChI is InChI=1S/C11H14N4O/c1-3-8(7-12-5-1)10-14-11(16-15-10)9-4-2-6-13-9/h2,4,6,8,12-13H,1,3,5,7H2/t8-/m0/s1. The van der Waals surface area contributed by atoms with Crippen LogP contribution >= 0.6 is 0 Å². The van der Waals surface area contributed by atoms with E-state index in [1.165, 1.54) is 6.42 Å². The molecule has 5 nitrogen and oxygen atoms in total. The van der Waals surface area contributed by atoms with Crippen molar-refractivity contribution >= 4 is 0 Å². The number of hydrogen-bond acceptors (Lipinski definition) is 4. The molecule has 1 fully saturated rings. The molecular formula is C11H14N4O. The van der Waals surface area contributed by atoms with E-state index in [-0.39, 0.29) is 0 Å². The van der Waals surface area contributed by atoms with Crippen LogP contribution in [0.2, 0.25) is 0 Å². The summed E-state index contributed by atoms with van der Waals surface area (Å²) in [4.78, 5) is 7.49. The number of nitrogens with one attached hydrogen (secondary N) is 2. The molecular weight excluding hydrogens is 204 g/mol. The van der Waals surface area contributed by atoms with Crippen molar-refractivity contribution in [2.24, 2.45) is 0 Å². The fraction of sp³-hybridized carbons (Fsp3) is 0.455. The summed E-state index contributed by atoms with van der Waals surface area (Å²) < 4.78 is 5.24. The molecule has 1 atom stereocenters. The van der Waals surface area contributed by atoms with Crippen molar-refractivity contribution in [1.29, 1.82) is 0 Å². The van der Waals surface area contributed by atoms with Crippen LogP contribution in [-0.2, 0) is 0 Å². The average Bonchev–Trinajstić information content (AvgIpc) is 3.01. The summed E-state index contributed by atoms with van der Waals surface area (Å²) in [6.07, 6.45) is 4.16. The zero-order valence-corrected chi connectivity index (χ0v) is 8.94. The number of rotatable bonds is 2. The number of aromatic amines is 1. The Morgan fingerprint density at radius 2 is 2.44 bits per heavy atom. The molecule has 3 rings (SSSR count). The molecule has 2 aromatic heterocycles. The van der Waals surface area contributed by atoms with Gasteiger partial charge in [-0.25, -0.2) is 0 Å². The quantitative estimate of drug-likeness (QED) is 0.802. The second-order valence-corrected chi connectivity index (χ2v) is 4.08. The van der Waals surface area contributed by atoms with Crippen molar-refractivity contribution in [3.8, 4) is 11.6 Å². The lowest BCUT2D eigenvalue weighted by Gasteiger charge is -2.19. The van der Waals surface area contributed by atoms with Crippen LogP contribution in [0.15, 0.2) is 22.9 Å². The number of hydrogen-bond donors (Lipinski definition) is 2. The summed E-state index contributed by atoms with van der Waals surface area (Å²) in [5.41, 5.74) is 0.877. The normalized spacial score (nSPS) is 21.1. The third-order valence-corrected chi connectivity index (χ3v) is 2.93. The predicted molar refractivity (Wildman–Crippen MR) is 58.9 cm³/mol. The average molecular weight is 218 g/mol. The molecule has 0 amide bonds. The van der Waals surface area contributed by atoms with Crippen molar-refractivity contribution in [1.82, 2.24) is 20.4 Å². The van der Waals surface area contributed by atoms with Gasteiger partial charge in [0.2, 0.25) is 0 Å². The smallest absolute Gasteiger partial charge is 0.274 e. The molecule has 0 bridgehead atoms. The summed E-state index contributed by atoms with van der Waals surface area (Å²) >= 11 is 0. The Labute approximate surface area is 93.3 Å². The van der Waals surface area contributed by atoms with Crippen molar-refractivity contribution in [2.75, 3.05) is 13.1 Å². The molecule has 2 N–H and O–H groups in total. The van der Waals surface area contributed by atoms with Gasteiger partial charge in [0.15, 0.2) is 5.82 Å². The van der Waals surface area contributed by atoms with E-state index in [0.717, 1.165) is 31.0 Å². The number of piperidine rings is 1. The van der Waals surface area contributed by atoms with Gasteiger partial charge in [-0.1, -0.05) is 5.16 Å². The lowest BCUT2D eigenvalue weighted by molar-refractivity contribution is 0.392. The van der Waals surface area contributed by atoms with Crippen LogP contribution in [0.25, 0.3) is 11.6 Å². The fourth-order valence-electron chi connectivity index (χ4n) is 2.05. The highest BCUT2D eigenvalue weighted by Crippen LogP contribution is 2.23. The van der Waals surface area contributed by atoms with Crippen molar-refractivity contribution in [3.05, 3.63) is 24.2 Å². The molecule has 3 heterocycles. The maximum absolute atomic E-state index is 5.24. The topological polar surface area (TPSA) is 66.7 Å². The van der Waals surface area contributed by atoms with Gasteiger partial charge >= 0.3 is 0 Å². The summed E-state index contributed by atoms with van der Waals surface area (Å²) in [6.45, 7) is 2.04. The molecule has 16 heavy (non-hydrogen) atoms. The molecule has 1 saturated heterocycles. The zero-order chi connectivity index (χ0) is 10.8. The van der Waals surface area contributed by atoms with E-state index in [4.69, 9.17) is 4.52 Å². The van der Waals surface area contributed by atoms with Crippen LogP contribution in [-0.4, -0.2) is 28.2 Å². The van der Waals surface area contributed by atoms with E-state index in [0.29, 0.717) is 11.8 Å². The van der Waals surface area contributed by atoms with E-state index < -0.39 is 0 Å². The first-order chi connectivity index (χ1) is 7.93. The van der Waals surface area contributed by atoms with Gasteiger partial charge < -0.3 is 14.8 Å². The van der Waals surface area contributed by atoms with Crippen LogP contribution < -0.4 is 5.32 Å². The molecule has 5 heteroatoms. The van der Waals surface area contributed by atoms with E-state index in [2.05, 4.69) is 20.4 Å². The molecule has 0 spiro atoms. The first kappa shape index (κ1) is 9.59. The Bertz CT molecular complexity index is 442. The third kappa shape index (κ3) is 1.74. The van der Waals surface area contributed by atoms with Crippen LogP contribution in [0.4, 0.5) is 0 Å². The largest absolute Gasteiger partial charge is 0.357 e. The van der Waals surface area contributed by atoms with E-state index in [9.17, 15) is 0 Å². The van der Waals surface area contributed by atoms with Crippen LogP contribution in [0.5, 0.6) is 0 Å². The minimum atomic E-state index is 0.390. The Morgan fingerprint density at radius 1 is 1.44 bits per heavy atom. The Morgan fingerprint density at radius 3 is 3.19 bits per heavy atom. The lowest BCUT2D eigenvalue weighted by atomic mass is 9.99. The fourth-order valence-corrected chi connectivity index (χ4v) is 2.05. The maximum atomic E-state index is 5.24. The van der Waals surface area contributed by atoms with Gasteiger partial charge in [-0.05, 0) is 31.5 Å². The molecule has 0 saturated carbocycles. The maximum Gasteiger partial charge on any atom is 0.274 e. The summed E-state index contributed by atoms with van der Waals surface area (Å²) in [5.74, 6) is 1.78.